The average Bonchev–Trinajstić information content (AvgIpc) is 2.89. The van der Waals surface area contributed by atoms with Gasteiger partial charge in [-0.2, -0.15) is 0 Å². The van der Waals surface area contributed by atoms with E-state index in [1.54, 1.807) is 22.7 Å². The van der Waals surface area contributed by atoms with Crippen LogP contribution in [0.4, 0.5) is 14.5 Å². The number of anilines is 1. The van der Waals surface area contributed by atoms with Crippen molar-refractivity contribution >= 4 is 17.2 Å². The molecule has 0 saturated heterocycles. The maximum atomic E-state index is 13.8. The van der Waals surface area contributed by atoms with E-state index >= 15 is 0 Å². The minimum absolute atomic E-state index is 0.137. The van der Waals surface area contributed by atoms with Gasteiger partial charge in [0.15, 0.2) is 5.69 Å². The number of para-hydroxylation sites is 1. The van der Waals surface area contributed by atoms with Crippen LogP contribution in [0.3, 0.4) is 0 Å². The van der Waals surface area contributed by atoms with Gasteiger partial charge in [-0.1, -0.05) is 12.1 Å². The first-order valence-electron chi connectivity index (χ1n) is 7.33. The fourth-order valence-electron chi connectivity index (χ4n) is 2.47. The molecule has 124 valence electrons. The van der Waals surface area contributed by atoms with E-state index < -0.39 is 23.2 Å². The zero-order valence-electron chi connectivity index (χ0n) is 13.3. The van der Waals surface area contributed by atoms with Crippen molar-refractivity contribution in [2.45, 2.75) is 6.54 Å². The molecule has 0 bridgehead atoms. The third-order valence-corrected chi connectivity index (χ3v) is 3.51. The Labute approximate surface area is 137 Å². The van der Waals surface area contributed by atoms with Crippen molar-refractivity contribution in [3.63, 3.8) is 0 Å². The molecule has 2 aromatic heterocycles. The lowest BCUT2D eigenvalue weighted by Gasteiger charge is -2.12. The van der Waals surface area contributed by atoms with Crippen molar-refractivity contribution in [1.82, 2.24) is 14.3 Å². The molecule has 7 heteroatoms. The number of hydrogen-bond acceptors (Lipinski definition) is 3. The van der Waals surface area contributed by atoms with E-state index in [-0.39, 0.29) is 5.69 Å². The predicted molar refractivity (Wildman–Crippen MR) is 86.9 cm³/mol. The number of pyridine rings is 1. The Balaban J connectivity index is 2.03. The minimum atomic E-state index is -0.832. The van der Waals surface area contributed by atoms with Gasteiger partial charge in [0, 0.05) is 12.7 Å². The molecule has 0 unspecified atom stereocenters. The summed E-state index contributed by atoms with van der Waals surface area (Å²) in [4.78, 5) is 18.7. The van der Waals surface area contributed by atoms with Gasteiger partial charge in [0.1, 0.15) is 23.0 Å². The van der Waals surface area contributed by atoms with E-state index in [9.17, 15) is 13.6 Å². The first kappa shape index (κ1) is 16.1. The van der Waals surface area contributed by atoms with Crippen molar-refractivity contribution in [3.05, 3.63) is 65.6 Å². The van der Waals surface area contributed by atoms with Gasteiger partial charge in [-0.15, -0.1) is 0 Å². The lowest BCUT2D eigenvalue weighted by atomic mass is 10.2. The second-order valence-corrected chi connectivity index (χ2v) is 5.62. The molecule has 0 saturated carbocycles. The van der Waals surface area contributed by atoms with Crippen LogP contribution in [-0.2, 0) is 6.54 Å². The highest BCUT2D eigenvalue weighted by Crippen LogP contribution is 2.21. The Morgan fingerprint density at radius 2 is 1.88 bits per heavy atom. The lowest BCUT2D eigenvalue weighted by Crippen LogP contribution is -2.20. The second-order valence-electron chi connectivity index (χ2n) is 5.62. The number of benzene rings is 1. The SMILES string of the molecule is CN(C)Cc1c(C(=O)Nc2c(F)cccc2F)nc2ccccn12. The minimum Gasteiger partial charge on any atom is -0.316 e. The molecular weight excluding hydrogens is 314 g/mol. The molecule has 0 spiro atoms. The number of carbonyl (C=O) groups excluding carboxylic acids is 1. The van der Waals surface area contributed by atoms with Gasteiger partial charge < -0.3 is 14.6 Å². The molecule has 5 nitrogen and oxygen atoms in total. The maximum Gasteiger partial charge on any atom is 0.276 e. The normalized spacial score (nSPS) is 11.2. The number of carbonyl (C=O) groups is 1. The van der Waals surface area contributed by atoms with Crippen LogP contribution in [0.15, 0.2) is 42.6 Å². The van der Waals surface area contributed by atoms with E-state index in [0.29, 0.717) is 17.9 Å². The number of nitrogens with one attached hydrogen (secondary N) is 1. The van der Waals surface area contributed by atoms with Crippen molar-refractivity contribution in [2.75, 3.05) is 19.4 Å². The standard InChI is InChI=1S/C17H16F2N4O/c1-22(2)10-13-16(20-14-8-3-4-9-23(13)14)17(24)21-15-11(18)6-5-7-12(15)19/h3-9H,10H2,1-2H3,(H,21,24). The molecule has 3 aromatic rings. The predicted octanol–water partition coefficient (Wildman–Crippen LogP) is 2.93. The topological polar surface area (TPSA) is 49.6 Å². The van der Waals surface area contributed by atoms with Gasteiger partial charge in [0.2, 0.25) is 0 Å². The number of fused-ring (bicyclic) bond motifs is 1. The number of halogens is 2. The van der Waals surface area contributed by atoms with Crippen LogP contribution in [0.1, 0.15) is 16.2 Å². The van der Waals surface area contributed by atoms with E-state index in [1.807, 2.05) is 25.1 Å². The van der Waals surface area contributed by atoms with Crippen LogP contribution in [0.25, 0.3) is 5.65 Å². The monoisotopic (exact) mass is 330 g/mol. The Hall–Kier alpha value is -2.80. The van der Waals surface area contributed by atoms with Crippen LogP contribution in [-0.4, -0.2) is 34.3 Å². The van der Waals surface area contributed by atoms with Crippen LogP contribution in [0, 0.1) is 11.6 Å². The lowest BCUT2D eigenvalue weighted by molar-refractivity contribution is 0.102. The molecule has 0 radical (unpaired) electrons. The third-order valence-electron chi connectivity index (χ3n) is 3.51. The van der Waals surface area contributed by atoms with Gasteiger partial charge in [-0.25, -0.2) is 13.8 Å². The van der Waals surface area contributed by atoms with Gasteiger partial charge in [0.05, 0.1) is 5.69 Å². The molecule has 0 aliphatic rings. The summed E-state index contributed by atoms with van der Waals surface area (Å²) in [5.74, 6) is -2.32. The highest BCUT2D eigenvalue weighted by Gasteiger charge is 2.21. The summed E-state index contributed by atoms with van der Waals surface area (Å²) < 4.78 is 29.3. The summed E-state index contributed by atoms with van der Waals surface area (Å²) in [6.07, 6.45) is 1.79. The van der Waals surface area contributed by atoms with Crippen LogP contribution >= 0.6 is 0 Å². The molecule has 3 rings (SSSR count). The molecule has 1 N–H and O–H groups in total. The fraction of sp³-hybridized carbons (Fsp3) is 0.176. The van der Waals surface area contributed by atoms with Gasteiger partial charge >= 0.3 is 0 Å². The van der Waals surface area contributed by atoms with Crippen molar-refractivity contribution in [2.24, 2.45) is 0 Å². The van der Waals surface area contributed by atoms with E-state index in [4.69, 9.17) is 0 Å². The summed E-state index contributed by atoms with van der Waals surface area (Å²) in [5.41, 5.74) is 0.895. The Bertz CT molecular complexity index is 884. The van der Waals surface area contributed by atoms with Gasteiger partial charge in [-0.3, -0.25) is 4.79 Å². The molecule has 24 heavy (non-hydrogen) atoms. The largest absolute Gasteiger partial charge is 0.316 e. The number of aromatic nitrogens is 2. The number of rotatable bonds is 4. The van der Waals surface area contributed by atoms with E-state index in [0.717, 1.165) is 12.1 Å². The average molecular weight is 330 g/mol. The van der Waals surface area contributed by atoms with Crippen LogP contribution < -0.4 is 5.32 Å². The van der Waals surface area contributed by atoms with Crippen molar-refractivity contribution in [1.29, 1.82) is 0 Å². The molecule has 1 amide bonds. The summed E-state index contributed by atoms with van der Waals surface area (Å²) in [6.45, 7) is 0.452. The number of hydrogen-bond donors (Lipinski definition) is 1. The zero-order chi connectivity index (χ0) is 17.3. The quantitative estimate of drug-likeness (QED) is 0.800. The first-order chi connectivity index (χ1) is 11.5. The summed E-state index contributed by atoms with van der Waals surface area (Å²) >= 11 is 0. The molecule has 1 aromatic carbocycles. The van der Waals surface area contributed by atoms with E-state index in [1.165, 1.54) is 6.07 Å². The molecular formula is C17H16F2N4O. The van der Waals surface area contributed by atoms with Crippen LogP contribution in [0.5, 0.6) is 0 Å². The van der Waals surface area contributed by atoms with Gasteiger partial charge in [-0.05, 0) is 38.4 Å². The molecule has 0 atom stereocenters. The number of nitrogens with zero attached hydrogens (tertiary/aromatic N) is 3. The highest BCUT2D eigenvalue weighted by molar-refractivity contribution is 6.04. The third kappa shape index (κ3) is 2.98. The Morgan fingerprint density at radius 1 is 1.17 bits per heavy atom. The summed E-state index contributed by atoms with van der Waals surface area (Å²) in [6, 6.07) is 8.81. The van der Waals surface area contributed by atoms with Crippen molar-refractivity contribution < 1.29 is 13.6 Å². The highest BCUT2D eigenvalue weighted by atomic mass is 19.1. The van der Waals surface area contributed by atoms with Gasteiger partial charge in [0.25, 0.3) is 5.91 Å². The number of amides is 1. The summed E-state index contributed by atoms with van der Waals surface area (Å²) in [7, 11) is 3.72. The molecule has 0 aliphatic carbocycles. The first-order valence-corrected chi connectivity index (χ1v) is 7.33. The smallest absolute Gasteiger partial charge is 0.276 e. The zero-order valence-corrected chi connectivity index (χ0v) is 13.3. The van der Waals surface area contributed by atoms with Crippen molar-refractivity contribution in [3.8, 4) is 0 Å². The molecule has 0 aliphatic heterocycles. The second kappa shape index (κ2) is 6.37. The Morgan fingerprint density at radius 3 is 2.54 bits per heavy atom. The summed E-state index contributed by atoms with van der Waals surface area (Å²) in [5, 5.41) is 2.29. The molecule has 0 fully saturated rings. The van der Waals surface area contributed by atoms with Crippen LogP contribution in [0.2, 0.25) is 0 Å². The molecule has 2 heterocycles. The number of imidazole rings is 1. The fourth-order valence-corrected chi connectivity index (χ4v) is 2.47. The van der Waals surface area contributed by atoms with E-state index in [2.05, 4.69) is 10.3 Å². The Kier molecular flexibility index (Phi) is 4.26. The maximum absolute atomic E-state index is 13.8.